The van der Waals surface area contributed by atoms with Crippen LogP contribution in [-0.2, 0) is 21.4 Å². The molecule has 0 aliphatic carbocycles. The van der Waals surface area contributed by atoms with Crippen molar-refractivity contribution in [3.63, 3.8) is 0 Å². The summed E-state index contributed by atoms with van der Waals surface area (Å²) >= 11 is 0. The predicted octanol–water partition coefficient (Wildman–Crippen LogP) is 0.271. The van der Waals surface area contributed by atoms with Crippen molar-refractivity contribution < 1.29 is 23.1 Å². The number of carboxylic acid groups (broad SMARTS) is 1. The molecule has 0 saturated carbocycles. The van der Waals surface area contributed by atoms with Gasteiger partial charge in [0.2, 0.25) is 10.0 Å². The third-order valence-electron chi connectivity index (χ3n) is 6.39. The highest BCUT2D eigenvalue weighted by molar-refractivity contribution is 7.89. The van der Waals surface area contributed by atoms with Crippen LogP contribution in [0.2, 0.25) is 0 Å². The van der Waals surface area contributed by atoms with Crippen molar-refractivity contribution in [1.82, 2.24) is 35.8 Å². The zero-order valence-corrected chi connectivity index (χ0v) is 22.1. The number of benzene rings is 2. The topological polar surface area (TPSA) is 166 Å². The van der Waals surface area contributed by atoms with E-state index in [0.717, 1.165) is 31.6 Å². The van der Waals surface area contributed by atoms with E-state index >= 15 is 0 Å². The Morgan fingerprint density at radius 2 is 1.82 bits per heavy atom. The van der Waals surface area contributed by atoms with E-state index in [4.69, 9.17) is 0 Å². The molecule has 1 saturated heterocycles. The summed E-state index contributed by atoms with van der Waals surface area (Å²) in [6, 6.07) is 8.68. The number of carbonyl (C=O) groups excluding carboxylic acids is 1. The van der Waals surface area contributed by atoms with E-state index in [9.17, 15) is 23.1 Å². The van der Waals surface area contributed by atoms with E-state index in [-0.39, 0.29) is 11.2 Å². The lowest BCUT2D eigenvalue weighted by molar-refractivity contribution is -0.138. The second-order valence-electron chi connectivity index (χ2n) is 9.20. The van der Waals surface area contributed by atoms with E-state index in [1.807, 2.05) is 10.7 Å². The van der Waals surface area contributed by atoms with Crippen molar-refractivity contribution in [2.75, 3.05) is 26.2 Å². The summed E-state index contributed by atoms with van der Waals surface area (Å²) in [4.78, 5) is 24.9. The highest BCUT2D eigenvalue weighted by Gasteiger charge is 2.28. The zero-order valence-electron chi connectivity index (χ0n) is 21.3. The molecule has 1 aliphatic heterocycles. The minimum Gasteiger partial charge on any atom is -0.480 e. The second-order valence-corrected chi connectivity index (χ2v) is 10.8. The fourth-order valence-corrected chi connectivity index (χ4v) is 6.20. The standard InChI is InChI=1S/C25H33N7O5S/c1-16-6-3-7-17(2)22(16)38(36,37)31-20(24(34)35)15-29-23(33)18-8-4-9-21-19(18)14-30-32(21)13-5-10-26-25-27-11-12-28-25/h3-4,6-9,14,20,25-28,31H,5,10-13,15H2,1-2H3,(H,29,33)(H,34,35). The summed E-state index contributed by atoms with van der Waals surface area (Å²) in [6.45, 7) is 6.13. The van der Waals surface area contributed by atoms with Gasteiger partial charge in [-0.2, -0.15) is 9.82 Å². The van der Waals surface area contributed by atoms with Crippen molar-refractivity contribution in [1.29, 1.82) is 0 Å². The Kier molecular flexibility index (Phi) is 8.74. The van der Waals surface area contributed by atoms with E-state index < -0.39 is 34.5 Å². The van der Waals surface area contributed by atoms with Crippen LogP contribution in [0.4, 0.5) is 0 Å². The Hall–Kier alpha value is -3.36. The van der Waals surface area contributed by atoms with Gasteiger partial charge in [0.1, 0.15) is 12.3 Å². The number of hydrogen-bond acceptors (Lipinski definition) is 8. The first-order valence-electron chi connectivity index (χ1n) is 12.4. The van der Waals surface area contributed by atoms with Crippen LogP contribution in [-0.4, -0.2) is 73.7 Å². The first-order valence-corrected chi connectivity index (χ1v) is 13.9. The molecule has 6 N–H and O–H groups in total. The Morgan fingerprint density at radius 1 is 1.13 bits per heavy atom. The maximum atomic E-state index is 13.0. The van der Waals surface area contributed by atoms with E-state index in [1.165, 1.54) is 0 Å². The molecule has 2 heterocycles. The Labute approximate surface area is 221 Å². The number of carboxylic acids is 1. The summed E-state index contributed by atoms with van der Waals surface area (Å²) in [5.74, 6) is -1.92. The first kappa shape index (κ1) is 27.7. The minimum absolute atomic E-state index is 0.0285. The molecule has 4 rings (SSSR count). The van der Waals surface area contributed by atoms with E-state index in [0.29, 0.717) is 28.6 Å². The minimum atomic E-state index is -4.13. The molecule has 38 heavy (non-hydrogen) atoms. The number of amides is 1. The van der Waals surface area contributed by atoms with E-state index in [1.54, 1.807) is 50.4 Å². The van der Waals surface area contributed by atoms with Crippen molar-refractivity contribution >= 4 is 32.8 Å². The Balaban J connectivity index is 1.40. The molecule has 1 fully saturated rings. The fourth-order valence-electron chi connectivity index (χ4n) is 4.54. The van der Waals surface area contributed by atoms with Crippen LogP contribution < -0.4 is 26.0 Å². The van der Waals surface area contributed by atoms with Gasteiger partial charge in [0.15, 0.2) is 0 Å². The fraction of sp³-hybridized carbons (Fsp3) is 0.400. The molecule has 204 valence electrons. The first-order chi connectivity index (χ1) is 18.2. The van der Waals surface area contributed by atoms with Crippen LogP contribution in [0.5, 0.6) is 0 Å². The van der Waals surface area contributed by atoms with Gasteiger partial charge in [-0.15, -0.1) is 0 Å². The smallest absolute Gasteiger partial charge is 0.323 e. The number of sulfonamides is 1. The lowest BCUT2D eigenvalue weighted by Crippen LogP contribution is -2.48. The molecule has 0 radical (unpaired) electrons. The summed E-state index contributed by atoms with van der Waals surface area (Å²) in [5, 5.41) is 27.2. The van der Waals surface area contributed by atoms with Gasteiger partial charge in [-0.3, -0.25) is 30.2 Å². The van der Waals surface area contributed by atoms with Gasteiger partial charge in [-0.25, -0.2) is 8.42 Å². The number of nitrogens with zero attached hydrogens (tertiary/aromatic N) is 2. The lowest BCUT2D eigenvalue weighted by atomic mass is 10.1. The van der Waals surface area contributed by atoms with Crippen LogP contribution >= 0.6 is 0 Å². The molecule has 13 heteroatoms. The molecule has 12 nitrogen and oxygen atoms in total. The summed E-state index contributed by atoms with van der Waals surface area (Å²) in [6.07, 6.45) is 2.55. The van der Waals surface area contributed by atoms with Crippen LogP contribution in [0.15, 0.2) is 47.5 Å². The lowest BCUT2D eigenvalue weighted by Gasteiger charge is -2.18. The van der Waals surface area contributed by atoms with Gasteiger partial charge < -0.3 is 10.4 Å². The molecule has 1 aliphatic rings. The number of aliphatic carboxylic acids is 1. The third-order valence-corrected chi connectivity index (χ3v) is 8.17. The largest absolute Gasteiger partial charge is 0.480 e. The maximum absolute atomic E-state index is 13.0. The van der Waals surface area contributed by atoms with Crippen LogP contribution in [0.1, 0.15) is 27.9 Å². The molecule has 1 atom stereocenters. The number of nitrogens with one attached hydrogen (secondary N) is 5. The van der Waals surface area contributed by atoms with E-state index in [2.05, 4.69) is 31.1 Å². The summed E-state index contributed by atoms with van der Waals surface area (Å²) in [5.41, 5.74) is 2.10. The van der Waals surface area contributed by atoms with Gasteiger partial charge >= 0.3 is 5.97 Å². The van der Waals surface area contributed by atoms with Gasteiger partial charge in [-0.1, -0.05) is 24.3 Å². The zero-order chi connectivity index (χ0) is 27.3. The summed E-state index contributed by atoms with van der Waals surface area (Å²) < 4.78 is 29.9. The number of aromatic nitrogens is 2. The Bertz CT molecular complexity index is 1400. The number of aryl methyl sites for hydroxylation is 3. The number of carbonyl (C=O) groups is 2. The number of fused-ring (bicyclic) bond motifs is 1. The van der Waals surface area contributed by atoms with Gasteiger partial charge in [0.05, 0.1) is 22.2 Å². The van der Waals surface area contributed by atoms with Crippen molar-refractivity contribution in [3.05, 3.63) is 59.3 Å². The molecule has 1 amide bonds. The third kappa shape index (κ3) is 6.37. The van der Waals surface area contributed by atoms with Gasteiger partial charge in [0.25, 0.3) is 5.91 Å². The predicted molar refractivity (Wildman–Crippen MR) is 142 cm³/mol. The van der Waals surface area contributed by atoms with Gasteiger partial charge in [0, 0.05) is 31.6 Å². The molecule has 1 aromatic heterocycles. The molecule has 0 bridgehead atoms. The normalized spacial score (nSPS) is 15.1. The second kappa shape index (κ2) is 12.0. The van der Waals surface area contributed by atoms with Gasteiger partial charge in [-0.05, 0) is 50.1 Å². The molecule has 1 unspecified atom stereocenters. The molecule has 0 spiro atoms. The average Bonchev–Trinajstić information content (AvgIpc) is 3.53. The number of rotatable bonds is 12. The quantitative estimate of drug-likeness (QED) is 0.176. The van der Waals surface area contributed by atoms with Crippen molar-refractivity contribution in [2.45, 2.75) is 44.0 Å². The molecular formula is C25H33N7O5S. The molecule has 3 aromatic rings. The Morgan fingerprint density at radius 3 is 2.50 bits per heavy atom. The highest BCUT2D eigenvalue weighted by Crippen LogP contribution is 2.21. The van der Waals surface area contributed by atoms with Crippen molar-refractivity contribution in [3.8, 4) is 0 Å². The summed E-state index contributed by atoms with van der Waals surface area (Å²) in [7, 11) is -4.13. The maximum Gasteiger partial charge on any atom is 0.323 e. The number of hydrogen-bond donors (Lipinski definition) is 6. The monoisotopic (exact) mass is 543 g/mol. The van der Waals surface area contributed by atoms with Crippen LogP contribution in [0.3, 0.4) is 0 Å². The average molecular weight is 544 g/mol. The SMILES string of the molecule is Cc1cccc(C)c1S(=O)(=O)NC(CNC(=O)c1cccc2c1cnn2CCCNC1NCCN1)C(=O)O. The van der Waals surface area contributed by atoms with Crippen LogP contribution in [0.25, 0.3) is 10.9 Å². The molecule has 2 aromatic carbocycles. The molecular weight excluding hydrogens is 510 g/mol. The van der Waals surface area contributed by atoms with Crippen LogP contribution in [0, 0.1) is 13.8 Å². The van der Waals surface area contributed by atoms with Crippen molar-refractivity contribution in [2.24, 2.45) is 0 Å². The highest BCUT2D eigenvalue weighted by atomic mass is 32.2.